The van der Waals surface area contributed by atoms with E-state index >= 15 is 0 Å². The van der Waals surface area contributed by atoms with E-state index in [1.54, 1.807) is 0 Å². The van der Waals surface area contributed by atoms with Crippen molar-refractivity contribution in [1.29, 1.82) is 0 Å². The van der Waals surface area contributed by atoms with Gasteiger partial charge in [-0.3, -0.25) is 4.79 Å². The van der Waals surface area contributed by atoms with E-state index in [0.717, 1.165) is 41.5 Å². The lowest BCUT2D eigenvalue weighted by Crippen LogP contribution is -2.45. The summed E-state index contributed by atoms with van der Waals surface area (Å²) < 4.78 is 6.11. The topological polar surface area (TPSA) is 45.5 Å². The lowest BCUT2D eigenvalue weighted by Gasteiger charge is -2.42. The molecular weight excluding hydrogens is 360 g/mol. The van der Waals surface area contributed by atoms with Gasteiger partial charge in [-0.25, -0.2) is 0 Å². The summed E-state index contributed by atoms with van der Waals surface area (Å²) in [5, 5.41) is 4.17. The number of nitrogens with zero attached hydrogens (tertiary/aromatic N) is 1. The third-order valence-electron chi connectivity index (χ3n) is 6.61. The maximum Gasteiger partial charge on any atom is 0.287 e. The van der Waals surface area contributed by atoms with Gasteiger partial charge in [0, 0.05) is 23.5 Å². The first-order valence-electron chi connectivity index (χ1n) is 10.9. The average Bonchev–Trinajstić information content (AvgIpc) is 3.17. The molecule has 4 nitrogen and oxygen atoms in total. The lowest BCUT2D eigenvalue weighted by atomic mass is 9.81. The molecule has 2 unspecified atom stereocenters. The summed E-state index contributed by atoms with van der Waals surface area (Å²) in [7, 11) is 0. The quantitative estimate of drug-likeness (QED) is 0.677. The molecule has 0 radical (unpaired) electrons. The highest BCUT2D eigenvalue weighted by Gasteiger charge is 2.35. The molecule has 1 N–H and O–H groups in total. The zero-order valence-electron chi connectivity index (χ0n) is 16.8. The van der Waals surface area contributed by atoms with E-state index in [1.807, 2.05) is 48.5 Å². The fourth-order valence-corrected chi connectivity index (χ4v) is 5.15. The molecule has 2 fully saturated rings. The van der Waals surface area contributed by atoms with E-state index in [0.29, 0.717) is 24.3 Å². The Morgan fingerprint density at radius 3 is 2.72 bits per heavy atom. The number of amides is 1. The van der Waals surface area contributed by atoms with Gasteiger partial charge in [-0.05, 0) is 56.3 Å². The molecule has 1 aromatic heterocycles. The molecule has 0 spiro atoms. The molecule has 2 aliphatic rings. The molecule has 3 heterocycles. The first-order chi connectivity index (χ1) is 14.3. The highest BCUT2D eigenvalue weighted by Crippen LogP contribution is 2.41. The fourth-order valence-electron chi connectivity index (χ4n) is 5.15. The Hall–Kier alpha value is -2.59. The molecule has 3 aromatic rings. The van der Waals surface area contributed by atoms with Crippen molar-refractivity contribution in [2.24, 2.45) is 0 Å². The predicted octanol–water partition coefficient (Wildman–Crippen LogP) is 5.09. The summed E-state index contributed by atoms with van der Waals surface area (Å²) in [5.74, 6) is 0.790. The highest BCUT2D eigenvalue weighted by atomic mass is 16.3. The molecule has 150 valence electrons. The smallest absolute Gasteiger partial charge is 0.287 e. The molecule has 2 aromatic carbocycles. The Morgan fingerprint density at radius 2 is 1.83 bits per heavy atom. The van der Waals surface area contributed by atoms with Crippen LogP contribution >= 0.6 is 0 Å². The second-order valence-corrected chi connectivity index (χ2v) is 8.42. The standard InChI is InChI=1S/C25H28N2O2/c28-25(26-17-18-8-2-1-3-9-18)24-23(21-11-4-5-12-22(21)29-24)19-13-15-27-14-7-6-10-20(27)16-19/h1-5,8-9,11-12,19-20H,6-7,10,13-17H2,(H,26,28). The normalized spacial score (nSPS) is 22.3. The highest BCUT2D eigenvalue weighted by molar-refractivity contribution is 5.99. The molecule has 0 aliphatic carbocycles. The van der Waals surface area contributed by atoms with Crippen molar-refractivity contribution in [2.75, 3.05) is 13.1 Å². The average molecular weight is 389 g/mol. The van der Waals surface area contributed by atoms with Crippen molar-refractivity contribution in [3.8, 4) is 0 Å². The Morgan fingerprint density at radius 1 is 1.00 bits per heavy atom. The van der Waals surface area contributed by atoms with E-state index in [-0.39, 0.29) is 5.91 Å². The summed E-state index contributed by atoms with van der Waals surface area (Å²) in [5.41, 5.74) is 3.03. The number of hydrogen-bond acceptors (Lipinski definition) is 3. The predicted molar refractivity (Wildman–Crippen MR) is 115 cm³/mol. The third-order valence-corrected chi connectivity index (χ3v) is 6.61. The molecular formula is C25H28N2O2. The maximum absolute atomic E-state index is 13.1. The molecule has 29 heavy (non-hydrogen) atoms. The van der Waals surface area contributed by atoms with Crippen LogP contribution in [0.5, 0.6) is 0 Å². The zero-order chi connectivity index (χ0) is 19.6. The van der Waals surface area contributed by atoms with Crippen molar-refractivity contribution in [3.05, 3.63) is 71.5 Å². The van der Waals surface area contributed by atoms with Crippen molar-refractivity contribution in [2.45, 2.75) is 50.6 Å². The fraction of sp³-hybridized carbons (Fsp3) is 0.400. The second-order valence-electron chi connectivity index (χ2n) is 8.42. The summed E-state index contributed by atoms with van der Waals surface area (Å²) >= 11 is 0. The minimum Gasteiger partial charge on any atom is -0.451 e. The first-order valence-corrected chi connectivity index (χ1v) is 10.9. The van der Waals surface area contributed by atoms with Crippen LogP contribution in [0.1, 0.15) is 59.7 Å². The van der Waals surface area contributed by atoms with Crippen molar-refractivity contribution in [1.82, 2.24) is 10.2 Å². The van der Waals surface area contributed by atoms with Crippen LogP contribution in [0.3, 0.4) is 0 Å². The van der Waals surface area contributed by atoms with Crippen molar-refractivity contribution in [3.63, 3.8) is 0 Å². The van der Waals surface area contributed by atoms with E-state index in [1.165, 1.54) is 25.8 Å². The number of rotatable bonds is 4. The number of fused-ring (bicyclic) bond motifs is 2. The number of hydrogen-bond donors (Lipinski definition) is 1. The number of nitrogens with one attached hydrogen (secondary N) is 1. The molecule has 2 atom stereocenters. The summed E-state index contributed by atoms with van der Waals surface area (Å²) in [6, 6.07) is 18.8. The van der Waals surface area contributed by atoms with Gasteiger partial charge in [0.25, 0.3) is 5.91 Å². The molecule has 0 bridgehead atoms. The Labute approximate surface area is 171 Å². The van der Waals surface area contributed by atoms with Gasteiger partial charge >= 0.3 is 0 Å². The van der Waals surface area contributed by atoms with Gasteiger partial charge in [0.2, 0.25) is 0 Å². The van der Waals surface area contributed by atoms with Gasteiger partial charge in [-0.1, -0.05) is 55.0 Å². The van der Waals surface area contributed by atoms with E-state index in [9.17, 15) is 4.79 Å². The third kappa shape index (κ3) is 3.69. The monoisotopic (exact) mass is 388 g/mol. The Bertz CT molecular complexity index is 994. The molecule has 2 saturated heterocycles. The number of piperidine rings is 2. The molecule has 2 aliphatic heterocycles. The second kappa shape index (κ2) is 8.03. The van der Waals surface area contributed by atoms with Crippen LogP contribution in [-0.2, 0) is 6.54 Å². The lowest BCUT2D eigenvalue weighted by molar-refractivity contribution is 0.0901. The van der Waals surface area contributed by atoms with Crippen LogP contribution in [-0.4, -0.2) is 29.9 Å². The van der Waals surface area contributed by atoms with Crippen molar-refractivity contribution < 1.29 is 9.21 Å². The molecule has 5 rings (SSSR count). The number of carbonyl (C=O) groups excluding carboxylic acids is 1. The van der Waals surface area contributed by atoms with Crippen LogP contribution < -0.4 is 5.32 Å². The Balaban J connectivity index is 1.43. The van der Waals surface area contributed by atoms with Crippen LogP contribution in [0.2, 0.25) is 0 Å². The van der Waals surface area contributed by atoms with E-state index in [4.69, 9.17) is 4.42 Å². The van der Waals surface area contributed by atoms with Gasteiger partial charge in [0.15, 0.2) is 5.76 Å². The molecule has 0 saturated carbocycles. The van der Waals surface area contributed by atoms with Crippen LogP contribution in [0.25, 0.3) is 11.0 Å². The minimum atomic E-state index is -0.105. The molecule has 4 heteroatoms. The SMILES string of the molecule is O=C(NCc1ccccc1)c1oc2ccccc2c1C1CCN2CCCCC2C1. The van der Waals surface area contributed by atoms with Crippen LogP contribution in [0.4, 0.5) is 0 Å². The summed E-state index contributed by atoms with van der Waals surface area (Å²) in [6.07, 6.45) is 6.15. The maximum atomic E-state index is 13.1. The van der Waals surface area contributed by atoms with Crippen molar-refractivity contribution >= 4 is 16.9 Å². The zero-order valence-corrected chi connectivity index (χ0v) is 16.8. The summed E-state index contributed by atoms with van der Waals surface area (Å²) in [6.45, 7) is 2.87. The van der Waals surface area contributed by atoms with Gasteiger partial charge in [-0.2, -0.15) is 0 Å². The largest absolute Gasteiger partial charge is 0.451 e. The van der Waals surface area contributed by atoms with Gasteiger partial charge in [0.1, 0.15) is 5.58 Å². The van der Waals surface area contributed by atoms with Gasteiger partial charge < -0.3 is 14.6 Å². The van der Waals surface area contributed by atoms with E-state index in [2.05, 4.69) is 16.3 Å². The van der Waals surface area contributed by atoms with E-state index < -0.39 is 0 Å². The first kappa shape index (κ1) is 18.4. The number of carbonyl (C=O) groups is 1. The van der Waals surface area contributed by atoms with Crippen LogP contribution in [0.15, 0.2) is 59.0 Å². The molecule has 1 amide bonds. The Kier molecular flexibility index (Phi) is 5.11. The number of para-hydroxylation sites is 1. The van der Waals surface area contributed by atoms with Gasteiger partial charge in [0.05, 0.1) is 0 Å². The summed E-state index contributed by atoms with van der Waals surface area (Å²) in [4.78, 5) is 15.8. The number of furan rings is 1. The number of benzene rings is 2. The van der Waals surface area contributed by atoms with Gasteiger partial charge in [-0.15, -0.1) is 0 Å². The van der Waals surface area contributed by atoms with Crippen LogP contribution in [0, 0.1) is 0 Å². The minimum absolute atomic E-state index is 0.105.